The van der Waals surface area contributed by atoms with E-state index in [-0.39, 0.29) is 11.8 Å². The summed E-state index contributed by atoms with van der Waals surface area (Å²) in [5.41, 5.74) is 2.09. The summed E-state index contributed by atoms with van der Waals surface area (Å²) < 4.78 is 0. The highest BCUT2D eigenvalue weighted by atomic mass is 16.2. The van der Waals surface area contributed by atoms with Gasteiger partial charge in [-0.15, -0.1) is 0 Å². The summed E-state index contributed by atoms with van der Waals surface area (Å²) in [6.45, 7) is 2.62. The number of H-pyrrole nitrogens is 1. The van der Waals surface area contributed by atoms with E-state index in [1.807, 2.05) is 50.5 Å². The van der Waals surface area contributed by atoms with E-state index >= 15 is 0 Å². The summed E-state index contributed by atoms with van der Waals surface area (Å²) in [5, 5.41) is 6.66. The molecule has 0 saturated carbocycles. The van der Waals surface area contributed by atoms with Crippen molar-refractivity contribution in [3.8, 4) is 0 Å². The third-order valence-electron chi connectivity index (χ3n) is 3.26. The highest BCUT2D eigenvalue weighted by molar-refractivity contribution is 5.83. The molecule has 1 aromatic carbocycles. The first-order chi connectivity index (χ1) is 9.22. The van der Waals surface area contributed by atoms with Crippen molar-refractivity contribution in [3.05, 3.63) is 53.9 Å². The van der Waals surface area contributed by atoms with Crippen LogP contribution in [0.2, 0.25) is 0 Å². The standard InChI is InChI=1S/C15H19N3O/c1-3-14(13-7-5-4-6-8-13)15(19)18(2)11-12-9-16-17-10-12/h4-10,14H,3,11H2,1-2H3,(H,16,17). The molecule has 1 aromatic heterocycles. The van der Waals surface area contributed by atoms with Crippen LogP contribution >= 0.6 is 0 Å². The first kappa shape index (κ1) is 13.3. The van der Waals surface area contributed by atoms with Gasteiger partial charge in [-0.3, -0.25) is 9.89 Å². The van der Waals surface area contributed by atoms with Gasteiger partial charge in [0.2, 0.25) is 5.91 Å². The third kappa shape index (κ3) is 3.22. The normalized spacial score (nSPS) is 12.1. The molecular formula is C15H19N3O. The van der Waals surface area contributed by atoms with Crippen LogP contribution in [0.4, 0.5) is 0 Å². The van der Waals surface area contributed by atoms with Crippen LogP contribution in [0.3, 0.4) is 0 Å². The molecule has 1 amide bonds. The van der Waals surface area contributed by atoms with Crippen LogP contribution in [0.5, 0.6) is 0 Å². The highest BCUT2D eigenvalue weighted by Crippen LogP contribution is 2.22. The Hall–Kier alpha value is -2.10. The molecular weight excluding hydrogens is 238 g/mol. The lowest BCUT2D eigenvalue weighted by Crippen LogP contribution is -2.31. The maximum absolute atomic E-state index is 12.5. The smallest absolute Gasteiger partial charge is 0.230 e. The lowest BCUT2D eigenvalue weighted by Gasteiger charge is -2.23. The molecule has 0 radical (unpaired) electrons. The largest absolute Gasteiger partial charge is 0.341 e. The van der Waals surface area contributed by atoms with Gasteiger partial charge in [0.15, 0.2) is 0 Å². The van der Waals surface area contributed by atoms with Gasteiger partial charge < -0.3 is 4.90 Å². The van der Waals surface area contributed by atoms with E-state index in [9.17, 15) is 4.79 Å². The Balaban J connectivity index is 2.08. The molecule has 0 saturated heterocycles. The maximum Gasteiger partial charge on any atom is 0.230 e. The number of benzene rings is 1. The fourth-order valence-electron chi connectivity index (χ4n) is 2.22. The number of aromatic nitrogens is 2. The second-order valence-corrected chi connectivity index (χ2v) is 4.67. The van der Waals surface area contributed by atoms with Crippen molar-refractivity contribution in [3.63, 3.8) is 0 Å². The SMILES string of the molecule is CCC(C(=O)N(C)Cc1cn[nH]c1)c1ccccc1. The Bertz CT molecular complexity index is 507. The van der Waals surface area contributed by atoms with Crippen LogP contribution in [-0.2, 0) is 11.3 Å². The van der Waals surface area contributed by atoms with E-state index in [1.165, 1.54) is 0 Å². The third-order valence-corrected chi connectivity index (χ3v) is 3.26. The zero-order chi connectivity index (χ0) is 13.7. The molecule has 1 atom stereocenters. The predicted octanol–water partition coefficient (Wildman–Crippen LogP) is 2.56. The Morgan fingerprint density at radius 1 is 1.37 bits per heavy atom. The summed E-state index contributed by atoms with van der Waals surface area (Å²) in [5.74, 6) is 0.0769. The molecule has 4 nitrogen and oxygen atoms in total. The summed E-state index contributed by atoms with van der Waals surface area (Å²) in [6.07, 6.45) is 4.36. The van der Waals surface area contributed by atoms with Crippen LogP contribution in [0.25, 0.3) is 0 Å². The average molecular weight is 257 g/mol. The van der Waals surface area contributed by atoms with Gasteiger partial charge in [0, 0.05) is 25.4 Å². The van der Waals surface area contributed by atoms with E-state index in [4.69, 9.17) is 0 Å². The molecule has 1 unspecified atom stereocenters. The van der Waals surface area contributed by atoms with E-state index in [1.54, 1.807) is 11.1 Å². The second kappa shape index (κ2) is 6.18. The van der Waals surface area contributed by atoms with Gasteiger partial charge in [-0.2, -0.15) is 5.10 Å². The molecule has 2 aromatic rings. The van der Waals surface area contributed by atoms with Crippen molar-refractivity contribution in [2.45, 2.75) is 25.8 Å². The first-order valence-electron chi connectivity index (χ1n) is 6.50. The molecule has 19 heavy (non-hydrogen) atoms. The van der Waals surface area contributed by atoms with Crippen LogP contribution in [-0.4, -0.2) is 28.1 Å². The van der Waals surface area contributed by atoms with Gasteiger partial charge in [0.05, 0.1) is 12.1 Å². The first-order valence-corrected chi connectivity index (χ1v) is 6.50. The maximum atomic E-state index is 12.5. The van der Waals surface area contributed by atoms with Crippen molar-refractivity contribution >= 4 is 5.91 Å². The lowest BCUT2D eigenvalue weighted by atomic mass is 9.95. The Kier molecular flexibility index (Phi) is 4.34. The number of hydrogen-bond acceptors (Lipinski definition) is 2. The second-order valence-electron chi connectivity index (χ2n) is 4.67. The van der Waals surface area contributed by atoms with Crippen LogP contribution in [0.1, 0.15) is 30.4 Å². The number of amides is 1. The number of carbonyl (C=O) groups is 1. The van der Waals surface area contributed by atoms with Gasteiger partial charge in [0.25, 0.3) is 0 Å². The number of carbonyl (C=O) groups excluding carboxylic acids is 1. The number of hydrogen-bond donors (Lipinski definition) is 1. The molecule has 0 fully saturated rings. The molecule has 2 rings (SSSR count). The van der Waals surface area contributed by atoms with Crippen molar-refractivity contribution in [1.82, 2.24) is 15.1 Å². The number of likely N-dealkylation sites (N-methyl/N-ethyl adjacent to an activating group) is 1. The Labute approximate surface area is 113 Å². The van der Waals surface area contributed by atoms with Gasteiger partial charge in [-0.1, -0.05) is 37.3 Å². The topological polar surface area (TPSA) is 49.0 Å². The summed E-state index contributed by atoms with van der Waals surface area (Å²) in [6, 6.07) is 9.94. The molecule has 0 spiro atoms. The highest BCUT2D eigenvalue weighted by Gasteiger charge is 2.22. The van der Waals surface area contributed by atoms with E-state index in [0.717, 1.165) is 17.5 Å². The number of nitrogens with zero attached hydrogens (tertiary/aromatic N) is 2. The van der Waals surface area contributed by atoms with Crippen molar-refractivity contribution < 1.29 is 4.79 Å². The predicted molar refractivity (Wildman–Crippen MR) is 74.5 cm³/mol. The summed E-state index contributed by atoms with van der Waals surface area (Å²) in [7, 11) is 1.83. The van der Waals surface area contributed by atoms with Gasteiger partial charge in [0.1, 0.15) is 0 Å². The zero-order valence-corrected chi connectivity index (χ0v) is 11.3. The van der Waals surface area contributed by atoms with Crippen LogP contribution in [0.15, 0.2) is 42.7 Å². The zero-order valence-electron chi connectivity index (χ0n) is 11.3. The quantitative estimate of drug-likeness (QED) is 0.895. The van der Waals surface area contributed by atoms with Crippen LogP contribution in [0, 0.1) is 0 Å². The molecule has 0 aliphatic carbocycles. The fourth-order valence-corrected chi connectivity index (χ4v) is 2.22. The minimum atomic E-state index is -0.0712. The molecule has 0 bridgehead atoms. The van der Waals surface area contributed by atoms with Gasteiger partial charge >= 0.3 is 0 Å². The van der Waals surface area contributed by atoms with E-state index < -0.39 is 0 Å². The summed E-state index contributed by atoms with van der Waals surface area (Å²) >= 11 is 0. The molecule has 0 aliphatic rings. The number of rotatable bonds is 5. The molecule has 1 heterocycles. The lowest BCUT2D eigenvalue weighted by molar-refractivity contribution is -0.132. The Morgan fingerprint density at radius 3 is 2.68 bits per heavy atom. The number of aromatic amines is 1. The fraction of sp³-hybridized carbons (Fsp3) is 0.333. The molecule has 4 heteroatoms. The minimum absolute atomic E-state index is 0.0712. The molecule has 100 valence electrons. The van der Waals surface area contributed by atoms with Crippen LogP contribution < -0.4 is 0 Å². The minimum Gasteiger partial charge on any atom is -0.341 e. The Morgan fingerprint density at radius 2 is 2.11 bits per heavy atom. The number of nitrogens with one attached hydrogen (secondary N) is 1. The van der Waals surface area contributed by atoms with Crippen molar-refractivity contribution in [1.29, 1.82) is 0 Å². The van der Waals surface area contributed by atoms with Crippen molar-refractivity contribution in [2.24, 2.45) is 0 Å². The summed E-state index contributed by atoms with van der Waals surface area (Å²) in [4.78, 5) is 14.3. The molecule has 1 N–H and O–H groups in total. The average Bonchev–Trinajstić information content (AvgIpc) is 2.93. The van der Waals surface area contributed by atoms with Crippen molar-refractivity contribution in [2.75, 3.05) is 7.05 Å². The van der Waals surface area contributed by atoms with Gasteiger partial charge in [-0.05, 0) is 12.0 Å². The van der Waals surface area contributed by atoms with E-state index in [0.29, 0.717) is 6.54 Å². The monoisotopic (exact) mass is 257 g/mol. The van der Waals surface area contributed by atoms with E-state index in [2.05, 4.69) is 10.2 Å². The van der Waals surface area contributed by atoms with Gasteiger partial charge in [-0.25, -0.2) is 0 Å². The molecule has 0 aliphatic heterocycles.